The van der Waals surface area contributed by atoms with Crippen LogP contribution < -0.4 is 0 Å². The summed E-state index contributed by atoms with van der Waals surface area (Å²) in [5, 5.41) is 0. The molecule has 0 atom stereocenters. The zero-order valence-corrected chi connectivity index (χ0v) is 8.72. The van der Waals surface area contributed by atoms with Gasteiger partial charge in [-0.25, -0.2) is 0 Å². The number of thiol groups is 1. The molecule has 0 saturated heterocycles. The normalized spacial score (nSPS) is 12.3. The van der Waals surface area contributed by atoms with Crippen molar-refractivity contribution in [1.82, 2.24) is 4.98 Å². The van der Waals surface area contributed by atoms with Crippen LogP contribution in [0.3, 0.4) is 0 Å². The van der Waals surface area contributed by atoms with E-state index in [1.807, 2.05) is 0 Å². The first-order valence-corrected chi connectivity index (χ1v) is 4.98. The van der Waals surface area contributed by atoms with Crippen molar-refractivity contribution in [3.8, 4) is 0 Å². The lowest BCUT2D eigenvalue weighted by Gasteiger charge is -2.08. The van der Waals surface area contributed by atoms with E-state index in [-0.39, 0.29) is 5.69 Å². The van der Waals surface area contributed by atoms with Gasteiger partial charge < -0.3 is 0 Å². The van der Waals surface area contributed by atoms with Gasteiger partial charge in [-0.3, -0.25) is 4.98 Å². The second kappa shape index (κ2) is 5.21. The molecule has 0 saturated carbocycles. The second-order valence-corrected chi connectivity index (χ2v) is 3.30. The van der Waals surface area contributed by atoms with Crippen molar-refractivity contribution >= 4 is 18.7 Å². The lowest BCUT2D eigenvalue weighted by Crippen LogP contribution is -2.08. The number of allylic oxidation sites excluding steroid dienone is 1. The molecule has 0 aliphatic rings. The summed E-state index contributed by atoms with van der Waals surface area (Å²) in [6.07, 6.45) is 0.616. The summed E-state index contributed by atoms with van der Waals surface area (Å²) in [6, 6.07) is 2.30. The molecule has 1 nitrogen and oxygen atoms in total. The Hall–Kier alpha value is -0.970. The van der Waals surface area contributed by atoms with Crippen LogP contribution in [0.5, 0.6) is 0 Å². The molecule has 0 N–H and O–H groups in total. The fourth-order valence-corrected chi connectivity index (χ4v) is 1.21. The predicted molar refractivity (Wildman–Crippen MR) is 56.7 cm³/mol. The molecular weight excluding hydrogens is 223 g/mol. The first kappa shape index (κ1) is 12.1. The highest BCUT2D eigenvalue weighted by Gasteiger charge is 2.32. The van der Waals surface area contributed by atoms with E-state index >= 15 is 0 Å². The third-order valence-electron chi connectivity index (χ3n) is 1.72. The number of hydrogen-bond donors (Lipinski definition) is 1. The Morgan fingerprint density at radius 2 is 2.13 bits per heavy atom. The molecule has 0 spiro atoms. The van der Waals surface area contributed by atoms with Gasteiger partial charge in [0.15, 0.2) is 0 Å². The Labute approximate surface area is 91.4 Å². The van der Waals surface area contributed by atoms with Crippen LogP contribution in [0.15, 0.2) is 24.4 Å². The van der Waals surface area contributed by atoms with Crippen molar-refractivity contribution in [3.63, 3.8) is 0 Å². The van der Waals surface area contributed by atoms with Gasteiger partial charge in [-0.2, -0.15) is 25.8 Å². The van der Waals surface area contributed by atoms with Crippen LogP contribution in [-0.4, -0.2) is 10.7 Å². The van der Waals surface area contributed by atoms with Gasteiger partial charge >= 0.3 is 6.18 Å². The van der Waals surface area contributed by atoms with Crippen molar-refractivity contribution in [2.45, 2.75) is 12.6 Å². The van der Waals surface area contributed by atoms with Gasteiger partial charge in [-0.05, 0) is 30.4 Å². The summed E-state index contributed by atoms with van der Waals surface area (Å²) in [5.74, 6) is 0.602. The Morgan fingerprint density at radius 3 is 2.73 bits per heavy atom. The maximum absolute atomic E-state index is 12.5. The summed E-state index contributed by atoms with van der Waals surface area (Å²) in [7, 11) is 0. The number of pyridine rings is 1. The molecule has 15 heavy (non-hydrogen) atoms. The number of rotatable bonds is 3. The quantitative estimate of drug-likeness (QED) is 0.789. The van der Waals surface area contributed by atoms with Crippen molar-refractivity contribution in [1.29, 1.82) is 0 Å². The van der Waals surface area contributed by atoms with Crippen LogP contribution in [0.2, 0.25) is 0 Å². The molecule has 1 heterocycles. The van der Waals surface area contributed by atoms with Gasteiger partial charge in [0.2, 0.25) is 0 Å². The van der Waals surface area contributed by atoms with E-state index in [0.29, 0.717) is 12.2 Å². The number of hydrogen-bond acceptors (Lipinski definition) is 2. The third-order valence-corrected chi connectivity index (χ3v) is 1.97. The van der Waals surface area contributed by atoms with Crippen LogP contribution in [0.25, 0.3) is 6.08 Å². The molecule has 0 unspecified atom stereocenters. The first-order chi connectivity index (χ1) is 7.05. The van der Waals surface area contributed by atoms with Gasteiger partial charge in [-0.1, -0.05) is 6.08 Å². The van der Waals surface area contributed by atoms with E-state index in [1.54, 1.807) is 6.08 Å². The predicted octanol–water partition coefficient (Wildman–Crippen LogP) is 3.43. The lowest BCUT2D eigenvalue weighted by molar-refractivity contribution is -0.138. The van der Waals surface area contributed by atoms with Crippen molar-refractivity contribution < 1.29 is 13.2 Å². The van der Waals surface area contributed by atoms with Crippen LogP contribution in [0.4, 0.5) is 13.2 Å². The molecule has 82 valence electrons. The van der Waals surface area contributed by atoms with E-state index in [2.05, 4.69) is 17.6 Å². The molecule has 0 amide bonds. The average molecular weight is 233 g/mol. The third kappa shape index (κ3) is 3.58. The molecular formula is C10H10F3NS. The van der Waals surface area contributed by atoms with Crippen molar-refractivity contribution in [3.05, 3.63) is 35.7 Å². The van der Waals surface area contributed by atoms with Gasteiger partial charge in [-0.15, -0.1) is 0 Å². The topological polar surface area (TPSA) is 12.9 Å². The van der Waals surface area contributed by atoms with Gasteiger partial charge in [0.05, 0.1) is 11.3 Å². The molecule has 1 aromatic heterocycles. The summed E-state index contributed by atoms with van der Waals surface area (Å²) < 4.78 is 37.4. The minimum atomic E-state index is -4.35. The molecule has 0 aliphatic heterocycles. The Kier molecular flexibility index (Phi) is 4.20. The van der Waals surface area contributed by atoms with E-state index in [1.165, 1.54) is 18.3 Å². The molecule has 5 heteroatoms. The summed E-state index contributed by atoms with van der Waals surface area (Å²) in [5.41, 5.74) is -0.757. The second-order valence-electron chi connectivity index (χ2n) is 2.85. The first-order valence-electron chi connectivity index (χ1n) is 4.35. The zero-order valence-electron chi connectivity index (χ0n) is 7.83. The van der Waals surface area contributed by atoms with Crippen molar-refractivity contribution in [2.24, 2.45) is 0 Å². The maximum Gasteiger partial charge on any atom is 0.418 e. The smallest absolute Gasteiger partial charge is 0.256 e. The Morgan fingerprint density at radius 1 is 1.40 bits per heavy atom. The molecule has 0 fully saturated rings. The van der Waals surface area contributed by atoms with E-state index in [0.717, 1.165) is 6.07 Å². The fourth-order valence-electron chi connectivity index (χ4n) is 1.06. The van der Waals surface area contributed by atoms with E-state index < -0.39 is 11.7 Å². The van der Waals surface area contributed by atoms with Gasteiger partial charge in [0.25, 0.3) is 0 Å². The van der Waals surface area contributed by atoms with Crippen LogP contribution >= 0.6 is 12.6 Å². The molecule has 0 radical (unpaired) electrons. The zero-order chi connectivity index (χ0) is 11.3. The van der Waals surface area contributed by atoms with Crippen molar-refractivity contribution in [2.75, 3.05) is 5.75 Å². The standard InChI is InChI=1S/C10H10F3NS/c11-10(12,13)8-4-3-6-14-9(8)5-1-2-7-15/h1,3-6,15H,2,7H2. The Balaban J connectivity index is 2.97. The van der Waals surface area contributed by atoms with E-state index in [4.69, 9.17) is 0 Å². The lowest BCUT2D eigenvalue weighted by atomic mass is 10.1. The largest absolute Gasteiger partial charge is 0.418 e. The minimum absolute atomic E-state index is 0.0493. The van der Waals surface area contributed by atoms with Crippen LogP contribution in [0.1, 0.15) is 17.7 Å². The maximum atomic E-state index is 12.5. The summed E-state index contributed by atoms with van der Waals surface area (Å²) in [6.45, 7) is 0. The Bertz CT molecular complexity index is 347. The number of alkyl halides is 3. The number of aromatic nitrogens is 1. The molecule has 1 rings (SSSR count). The highest BCUT2D eigenvalue weighted by atomic mass is 32.1. The average Bonchev–Trinajstić information content (AvgIpc) is 2.17. The highest BCUT2D eigenvalue weighted by molar-refractivity contribution is 7.80. The fraction of sp³-hybridized carbons (Fsp3) is 0.300. The summed E-state index contributed by atoms with van der Waals surface area (Å²) >= 11 is 3.96. The molecule has 0 aromatic carbocycles. The summed E-state index contributed by atoms with van der Waals surface area (Å²) in [4.78, 5) is 3.69. The SMILES string of the molecule is FC(F)(F)c1cccnc1C=CCCS. The van der Waals surface area contributed by atoms with Crippen LogP contribution in [0, 0.1) is 0 Å². The molecule has 1 aromatic rings. The van der Waals surface area contributed by atoms with Gasteiger partial charge in [0.1, 0.15) is 0 Å². The number of nitrogens with zero attached hydrogens (tertiary/aromatic N) is 1. The van der Waals surface area contributed by atoms with Crippen LogP contribution in [-0.2, 0) is 6.18 Å². The minimum Gasteiger partial charge on any atom is -0.256 e. The van der Waals surface area contributed by atoms with E-state index in [9.17, 15) is 13.2 Å². The molecule has 0 aliphatic carbocycles. The number of halogens is 3. The monoisotopic (exact) mass is 233 g/mol. The molecule has 0 bridgehead atoms. The highest BCUT2D eigenvalue weighted by Crippen LogP contribution is 2.31. The van der Waals surface area contributed by atoms with Gasteiger partial charge in [0, 0.05) is 6.20 Å².